The monoisotopic (exact) mass is 459 g/mol. The lowest BCUT2D eigenvalue weighted by Crippen LogP contribution is -2.61. The Labute approximate surface area is 197 Å². The first-order valence-corrected chi connectivity index (χ1v) is 11.3. The molecule has 0 spiro atoms. The Kier molecular flexibility index (Phi) is 4.29. The molecule has 3 aromatic rings. The molecule has 0 aliphatic carbocycles. The van der Waals surface area contributed by atoms with Crippen LogP contribution in [0, 0.1) is 5.41 Å². The van der Waals surface area contributed by atoms with E-state index in [1.165, 1.54) is 0 Å². The molecule has 8 heteroatoms. The summed E-state index contributed by atoms with van der Waals surface area (Å²) in [7, 11) is 0. The lowest BCUT2D eigenvalue weighted by atomic mass is 9.60. The fourth-order valence-electron chi connectivity index (χ4n) is 7.05. The molecule has 4 amide bonds. The number of hydrogen-bond donors (Lipinski definition) is 3. The molecule has 5 rings (SSSR count). The molecule has 0 radical (unpaired) electrons. The van der Waals surface area contributed by atoms with Gasteiger partial charge in [0.25, 0.3) is 0 Å². The van der Waals surface area contributed by atoms with Crippen molar-refractivity contribution in [1.29, 1.82) is 0 Å². The molecule has 3 heterocycles. The number of aromatic nitrogens is 1. The summed E-state index contributed by atoms with van der Waals surface area (Å²) in [5.41, 5.74) is 18.7. The van der Waals surface area contributed by atoms with E-state index < -0.39 is 40.3 Å². The molecule has 1 aromatic heterocycles. The molecule has 34 heavy (non-hydrogen) atoms. The van der Waals surface area contributed by atoms with Crippen LogP contribution in [-0.2, 0) is 11.3 Å². The highest BCUT2D eigenvalue weighted by Crippen LogP contribution is 2.64. The maximum Gasteiger partial charge on any atom is 0.315 e. The predicted octanol–water partition coefficient (Wildman–Crippen LogP) is 2.93. The first-order chi connectivity index (χ1) is 15.9. The molecule has 2 atom stereocenters. The van der Waals surface area contributed by atoms with Crippen molar-refractivity contribution in [2.75, 3.05) is 0 Å². The normalized spacial score (nSPS) is 24.1. The number of fused-ring (bicyclic) bond motifs is 7. The van der Waals surface area contributed by atoms with Crippen molar-refractivity contribution in [2.45, 2.75) is 51.2 Å². The fourth-order valence-corrected chi connectivity index (χ4v) is 7.05. The lowest BCUT2D eigenvalue weighted by molar-refractivity contribution is -0.133. The van der Waals surface area contributed by atoms with Crippen LogP contribution in [0.2, 0.25) is 0 Å². The highest BCUT2D eigenvalue weighted by molar-refractivity contribution is 5.99. The van der Waals surface area contributed by atoms with Crippen molar-refractivity contribution in [1.82, 2.24) is 9.47 Å². The molecular weight excluding hydrogens is 430 g/mol. The molecule has 1 saturated heterocycles. The zero-order chi connectivity index (χ0) is 24.8. The number of primary amides is 3. The summed E-state index contributed by atoms with van der Waals surface area (Å²) in [5.74, 6) is -1.46. The molecule has 6 N–H and O–H groups in total. The number of carbonyl (C=O) groups is 3. The maximum absolute atomic E-state index is 13.6. The van der Waals surface area contributed by atoms with Gasteiger partial charge < -0.3 is 26.7 Å². The summed E-state index contributed by atoms with van der Waals surface area (Å²) in [6.07, 6.45) is 0. The fraction of sp³-hybridized carbons (Fsp3) is 0.346. The highest BCUT2D eigenvalue weighted by atomic mass is 16.2. The summed E-state index contributed by atoms with van der Waals surface area (Å²) in [5, 5.41) is 0.912. The van der Waals surface area contributed by atoms with Crippen LogP contribution in [-0.4, -0.2) is 38.4 Å². The van der Waals surface area contributed by atoms with Gasteiger partial charge in [-0.2, -0.15) is 0 Å². The molecule has 1 fully saturated rings. The van der Waals surface area contributed by atoms with Crippen LogP contribution < -0.4 is 17.2 Å². The minimum absolute atomic E-state index is 0.211. The minimum Gasteiger partial charge on any atom is -0.369 e. The molecular formula is C26H29N5O3. The van der Waals surface area contributed by atoms with E-state index in [2.05, 4.69) is 6.07 Å². The van der Waals surface area contributed by atoms with Crippen molar-refractivity contribution in [3.05, 3.63) is 59.7 Å². The average Bonchev–Trinajstić information content (AvgIpc) is 3.09. The van der Waals surface area contributed by atoms with Gasteiger partial charge in [0.1, 0.15) is 0 Å². The third kappa shape index (κ3) is 2.45. The van der Waals surface area contributed by atoms with Gasteiger partial charge in [0, 0.05) is 45.7 Å². The Bertz CT molecular complexity index is 1400. The van der Waals surface area contributed by atoms with E-state index in [4.69, 9.17) is 17.2 Å². The minimum atomic E-state index is -1.19. The third-order valence-electron chi connectivity index (χ3n) is 8.23. The average molecular weight is 460 g/mol. The molecule has 176 valence electrons. The number of hydrogen-bond acceptors (Lipinski definition) is 3. The summed E-state index contributed by atoms with van der Waals surface area (Å²) in [6, 6.07) is 14.7. The summed E-state index contributed by atoms with van der Waals surface area (Å²) in [4.78, 5) is 39.9. The van der Waals surface area contributed by atoms with Gasteiger partial charge >= 0.3 is 6.03 Å². The van der Waals surface area contributed by atoms with Crippen LogP contribution in [0.15, 0.2) is 48.5 Å². The van der Waals surface area contributed by atoms with E-state index in [0.29, 0.717) is 5.56 Å². The Hall–Kier alpha value is -3.81. The Morgan fingerprint density at radius 1 is 0.941 bits per heavy atom. The number of rotatable bonds is 2. The van der Waals surface area contributed by atoms with E-state index in [-0.39, 0.29) is 6.54 Å². The SMILES string of the molecule is CC1(C)C2c3ccccc3-c3cc4ccc(C(N)=O)cc4n3CC2(C(N)=O)C(C)(C)N1C(N)=O. The van der Waals surface area contributed by atoms with Crippen molar-refractivity contribution < 1.29 is 14.4 Å². The molecule has 0 saturated carbocycles. The number of nitrogens with zero attached hydrogens (tertiary/aromatic N) is 2. The third-order valence-corrected chi connectivity index (χ3v) is 8.23. The van der Waals surface area contributed by atoms with E-state index in [1.54, 1.807) is 17.0 Å². The number of likely N-dealkylation sites (tertiary alicyclic amines) is 1. The second kappa shape index (κ2) is 6.62. The number of benzene rings is 2. The standard InChI is InChI=1S/C26H29N5O3/c1-24(2)20-17-8-6-5-7-16(17)19-11-14-9-10-15(21(27)32)12-18(14)30(19)13-26(20,22(28)33)25(3,4)31(24)23(29)34/h5-12,20H,13H2,1-4H3,(H2,27,32)(H2,28,33)(H2,29,34). The number of amides is 4. The van der Waals surface area contributed by atoms with Crippen molar-refractivity contribution in [3.8, 4) is 11.3 Å². The van der Waals surface area contributed by atoms with E-state index in [1.807, 2.05) is 62.6 Å². The topological polar surface area (TPSA) is 137 Å². The Morgan fingerprint density at radius 3 is 2.24 bits per heavy atom. The van der Waals surface area contributed by atoms with Gasteiger partial charge in [0.15, 0.2) is 0 Å². The van der Waals surface area contributed by atoms with E-state index >= 15 is 0 Å². The zero-order valence-corrected chi connectivity index (χ0v) is 19.8. The van der Waals surface area contributed by atoms with E-state index in [0.717, 1.165) is 27.7 Å². The summed E-state index contributed by atoms with van der Waals surface area (Å²) >= 11 is 0. The van der Waals surface area contributed by atoms with Crippen LogP contribution in [0.25, 0.3) is 22.2 Å². The zero-order valence-electron chi connectivity index (χ0n) is 19.8. The number of urea groups is 1. The molecule has 2 aromatic carbocycles. The van der Waals surface area contributed by atoms with Crippen LogP contribution in [0.5, 0.6) is 0 Å². The summed E-state index contributed by atoms with van der Waals surface area (Å²) in [6.45, 7) is 7.81. The van der Waals surface area contributed by atoms with Crippen molar-refractivity contribution in [3.63, 3.8) is 0 Å². The smallest absolute Gasteiger partial charge is 0.315 e. The lowest BCUT2D eigenvalue weighted by Gasteiger charge is -2.44. The molecule has 0 bridgehead atoms. The van der Waals surface area contributed by atoms with Crippen LogP contribution in [0.4, 0.5) is 4.79 Å². The maximum atomic E-state index is 13.6. The quantitative estimate of drug-likeness (QED) is 0.543. The van der Waals surface area contributed by atoms with Crippen molar-refractivity contribution >= 4 is 28.7 Å². The highest BCUT2D eigenvalue weighted by Gasteiger charge is 2.72. The van der Waals surface area contributed by atoms with Gasteiger partial charge in [0.2, 0.25) is 11.8 Å². The van der Waals surface area contributed by atoms with E-state index in [9.17, 15) is 14.4 Å². The Balaban J connectivity index is 1.94. The summed E-state index contributed by atoms with van der Waals surface area (Å²) < 4.78 is 2.04. The second-order valence-corrected chi connectivity index (χ2v) is 10.5. The second-order valence-electron chi connectivity index (χ2n) is 10.5. The molecule has 2 aliphatic heterocycles. The Morgan fingerprint density at radius 2 is 1.62 bits per heavy atom. The largest absolute Gasteiger partial charge is 0.369 e. The van der Waals surface area contributed by atoms with Gasteiger partial charge in [-0.3, -0.25) is 9.59 Å². The van der Waals surface area contributed by atoms with Crippen LogP contribution in [0.3, 0.4) is 0 Å². The number of nitrogens with two attached hydrogens (primary N) is 3. The first-order valence-electron chi connectivity index (χ1n) is 11.3. The molecule has 2 unspecified atom stereocenters. The van der Waals surface area contributed by atoms with Crippen molar-refractivity contribution in [2.24, 2.45) is 22.6 Å². The van der Waals surface area contributed by atoms with Crippen LogP contribution >= 0.6 is 0 Å². The predicted molar refractivity (Wildman–Crippen MR) is 130 cm³/mol. The molecule has 8 nitrogen and oxygen atoms in total. The number of carbonyl (C=O) groups excluding carboxylic acids is 3. The van der Waals surface area contributed by atoms with Gasteiger partial charge in [-0.05, 0) is 51.5 Å². The van der Waals surface area contributed by atoms with Crippen LogP contribution in [0.1, 0.15) is 49.5 Å². The molecule has 2 aliphatic rings. The first kappa shape index (κ1) is 22.0. The van der Waals surface area contributed by atoms with Gasteiger partial charge in [-0.15, -0.1) is 0 Å². The van der Waals surface area contributed by atoms with Gasteiger partial charge in [-0.1, -0.05) is 30.3 Å². The van der Waals surface area contributed by atoms with Gasteiger partial charge in [0.05, 0.1) is 11.0 Å². The van der Waals surface area contributed by atoms with Gasteiger partial charge in [-0.25, -0.2) is 4.79 Å².